The second kappa shape index (κ2) is 15.5. The zero-order valence-corrected chi connectivity index (χ0v) is 35.7. The summed E-state index contributed by atoms with van der Waals surface area (Å²) in [4.78, 5) is 1.52. The van der Waals surface area contributed by atoms with Crippen molar-refractivity contribution in [1.82, 2.24) is 0 Å². The Kier molecular flexibility index (Phi) is 6.69. The van der Waals surface area contributed by atoms with Gasteiger partial charge < -0.3 is 4.90 Å². The number of nitrogens with zero attached hydrogens (tertiary/aromatic N) is 1. The summed E-state index contributed by atoms with van der Waals surface area (Å²) in [6, 6.07) is 43.9. The van der Waals surface area contributed by atoms with E-state index in [2.05, 4.69) is 36.4 Å². The normalized spacial score (nSPS) is 17.7. The highest BCUT2D eigenvalue weighted by atomic mass is 32.1. The van der Waals surface area contributed by atoms with Crippen molar-refractivity contribution in [2.24, 2.45) is 0 Å². The molecule has 0 spiro atoms. The molecule has 1 nitrogen and oxygen atoms in total. The molecule has 10 aromatic carbocycles. The molecular formula is C63H43NS. The predicted molar refractivity (Wildman–Crippen MR) is 279 cm³/mol. The minimum absolute atomic E-state index is 0.0577. The maximum absolute atomic E-state index is 10.3. The molecule has 2 aliphatic rings. The number of benzene rings is 10. The fourth-order valence-electron chi connectivity index (χ4n) is 9.89. The third-order valence-electron chi connectivity index (χ3n) is 12.9. The topological polar surface area (TPSA) is 3.24 Å². The van der Waals surface area contributed by atoms with Crippen LogP contribution in [0.2, 0.25) is 0 Å². The van der Waals surface area contributed by atoms with Crippen molar-refractivity contribution in [2.45, 2.75) is 18.4 Å². The number of hydrogen-bond donors (Lipinski definition) is 0. The Balaban J connectivity index is 1.01. The predicted octanol–water partition coefficient (Wildman–Crippen LogP) is 17.4. The molecule has 0 radical (unpaired) electrons. The lowest BCUT2D eigenvalue weighted by molar-refractivity contribution is 0.786. The van der Waals surface area contributed by atoms with E-state index in [9.17, 15) is 15.1 Å². The van der Waals surface area contributed by atoms with E-state index >= 15 is 0 Å². The van der Waals surface area contributed by atoms with Crippen molar-refractivity contribution in [1.29, 1.82) is 0 Å². The van der Waals surface area contributed by atoms with Crippen molar-refractivity contribution < 1.29 is 15.1 Å². The molecule has 2 heteroatoms. The molecule has 13 rings (SSSR count). The summed E-state index contributed by atoms with van der Waals surface area (Å²) < 4.78 is 109. The first-order valence-electron chi connectivity index (χ1n) is 27.3. The third-order valence-corrected chi connectivity index (χ3v) is 14.1. The van der Waals surface area contributed by atoms with Crippen molar-refractivity contribution in [3.05, 3.63) is 259 Å². The molecule has 0 aliphatic heterocycles. The monoisotopic (exact) mass is 856 g/mol. The van der Waals surface area contributed by atoms with Gasteiger partial charge in [-0.1, -0.05) is 200 Å². The van der Waals surface area contributed by atoms with Crippen LogP contribution in [-0.4, -0.2) is 6.04 Å². The summed E-state index contributed by atoms with van der Waals surface area (Å²) in [7, 11) is 0. The van der Waals surface area contributed by atoms with Gasteiger partial charge in [-0.05, 0) is 125 Å². The van der Waals surface area contributed by atoms with Crippen molar-refractivity contribution in [3.63, 3.8) is 0 Å². The quantitative estimate of drug-likeness (QED) is 0.144. The Hall–Kier alpha value is -7.78. The molecule has 1 aromatic heterocycles. The first-order chi connectivity index (χ1) is 36.8. The molecule has 0 amide bonds. The van der Waals surface area contributed by atoms with Gasteiger partial charge in [-0.25, -0.2) is 0 Å². The van der Waals surface area contributed by atoms with Crippen LogP contribution in [0, 0.1) is 0 Å². The minimum atomic E-state index is -0.799. The standard InChI is InChI=1S/C63H43NS/c1-2-13-45(14-3-1)62-57-21-9-8-18-53(57)55-38-37-49(40-60(55)62)64(48-35-31-44(32-36-48)59-39-46-15-4-5-16-50(46)52-17-6-7-19-54(52)59)47-33-29-42(30-34-47)41-25-27-43(28-26-41)51-22-12-23-58-56-20-10-11-24-61(56)65-63(51)58/h1-35,37-40,48,62H,36H2/i25D,26D,27D,28D,29D,30D,33D,34D,37D,38D,40D. The van der Waals surface area contributed by atoms with Crippen LogP contribution in [0.15, 0.2) is 236 Å². The van der Waals surface area contributed by atoms with Gasteiger partial charge in [-0.2, -0.15) is 0 Å². The Morgan fingerprint density at radius 1 is 0.477 bits per heavy atom. The molecule has 65 heavy (non-hydrogen) atoms. The first-order valence-corrected chi connectivity index (χ1v) is 22.6. The van der Waals surface area contributed by atoms with Crippen LogP contribution in [0.5, 0.6) is 0 Å². The molecule has 0 bridgehead atoms. The Bertz CT molecular complexity index is 4310. The number of fused-ring (bicyclic) bond motifs is 9. The van der Waals surface area contributed by atoms with Crippen LogP contribution in [0.4, 0.5) is 11.4 Å². The Morgan fingerprint density at radius 3 is 1.94 bits per heavy atom. The summed E-state index contributed by atoms with van der Waals surface area (Å²) in [5.74, 6) is -0.496. The minimum Gasteiger partial charge on any atom is -0.334 e. The zero-order valence-electron chi connectivity index (χ0n) is 45.9. The molecule has 11 aromatic rings. The highest BCUT2D eigenvalue weighted by Gasteiger charge is 2.31. The van der Waals surface area contributed by atoms with E-state index in [1.807, 2.05) is 127 Å². The van der Waals surface area contributed by atoms with Crippen LogP contribution in [0.1, 0.15) is 49.7 Å². The maximum Gasteiger partial charge on any atom is 0.0648 e. The first kappa shape index (κ1) is 28.1. The fourth-order valence-corrected chi connectivity index (χ4v) is 11.1. The molecule has 0 saturated heterocycles. The Morgan fingerprint density at radius 2 is 1.12 bits per heavy atom. The van der Waals surface area contributed by atoms with Gasteiger partial charge in [-0.3, -0.25) is 0 Å². The van der Waals surface area contributed by atoms with Crippen molar-refractivity contribution in [2.75, 3.05) is 4.90 Å². The molecule has 1 heterocycles. The molecular weight excluding hydrogens is 803 g/mol. The van der Waals surface area contributed by atoms with E-state index in [1.165, 1.54) is 16.2 Å². The van der Waals surface area contributed by atoms with Crippen LogP contribution in [-0.2, 0) is 0 Å². The summed E-state index contributed by atoms with van der Waals surface area (Å²) in [6.45, 7) is 0. The van der Waals surface area contributed by atoms with Crippen LogP contribution >= 0.6 is 11.3 Å². The zero-order chi connectivity index (χ0) is 52.4. The van der Waals surface area contributed by atoms with Gasteiger partial charge in [0.05, 0.1) is 21.1 Å². The molecule has 2 unspecified atom stereocenters. The molecule has 2 atom stereocenters. The van der Waals surface area contributed by atoms with E-state index in [4.69, 9.17) is 0 Å². The van der Waals surface area contributed by atoms with E-state index in [-0.39, 0.29) is 59.1 Å². The number of anilines is 2. The van der Waals surface area contributed by atoms with E-state index in [0.717, 1.165) is 69.5 Å². The van der Waals surface area contributed by atoms with Crippen LogP contribution in [0.25, 0.3) is 80.7 Å². The lowest BCUT2D eigenvalue weighted by atomic mass is 9.88. The molecule has 0 fully saturated rings. The number of thiophene rings is 1. The summed E-state index contributed by atoms with van der Waals surface area (Å²) in [5.41, 5.74) is 4.84. The average Bonchev–Trinajstić information content (AvgIpc) is 4.18. The number of rotatable bonds is 7. The highest BCUT2D eigenvalue weighted by Crippen LogP contribution is 2.50. The van der Waals surface area contributed by atoms with E-state index < -0.39 is 53.8 Å². The summed E-state index contributed by atoms with van der Waals surface area (Å²) in [5, 5.41) is 6.24. The van der Waals surface area contributed by atoms with Gasteiger partial charge in [-0.15, -0.1) is 11.3 Å². The molecule has 0 saturated carbocycles. The third kappa shape index (κ3) is 6.36. The van der Waals surface area contributed by atoms with Gasteiger partial charge in [0.1, 0.15) is 0 Å². The fraction of sp³-hybridized carbons (Fsp3) is 0.0476. The molecule has 2 aliphatic carbocycles. The second-order valence-corrected chi connectivity index (χ2v) is 17.6. The molecule has 0 N–H and O–H groups in total. The van der Waals surface area contributed by atoms with Crippen LogP contribution < -0.4 is 4.90 Å². The second-order valence-electron chi connectivity index (χ2n) is 16.6. The van der Waals surface area contributed by atoms with E-state index in [0.29, 0.717) is 16.7 Å². The lowest BCUT2D eigenvalue weighted by Crippen LogP contribution is -2.30. The van der Waals surface area contributed by atoms with Crippen molar-refractivity contribution in [3.8, 4) is 33.4 Å². The van der Waals surface area contributed by atoms with E-state index in [1.54, 1.807) is 6.07 Å². The largest absolute Gasteiger partial charge is 0.334 e. The van der Waals surface area contributed by atoms with Gasteiger partial charge >= 0.3 is 0 Å². The maximum atomic E-state index is 10.3. The summed E-state index contributed by atoms with van der Waals surface area (Å²) in [6.07, 6.45) is 6.15. The molecule has 306 valence electrons. The highest BCUT2D eigenvalue weighted by molar-refractivity contribution is 7.26. The van der Waals surface area contributed by atoms with Crippen molar-refractivity contribution >= 4 is 70.0 Å². The van der Waals surface area contributed by atoms with Gasteiger partial charge in [0.2, 0.25) is 0 Å². The summed E-state index contributed by atoms with van der Waals surface area (Å²) >= 11 is 1.49. The smallest absolute Gasteiger partial charge is 0.0648 e. The lowest BCUT2D eigenvalue weighted by Gasteiger charge is -2.34. The number of hydrogen-bond acceptors (Lipinski definition) is 2. The Labute approximate surface area is 399 Å². The van der Waals surface area contributed by atoms with Gasteiger partial charge in [0.25, 0.3) is 0 Å². The van der Waals surface area contributed by atoms with Crippen LogP contribution in [0.3, 0.4) is 0 Å². The van der Waals surface area contributed by atoms with Gasteiger partial charge in [0, 0.05) is 37.5 Å². The van der Waals surface area contributed by atoms with Gasteiger partial charge in [0.15, 0.2) is 0 Å². The number of allylic oxidation sites excluding steroid dienone is 2. The average molecular weight is 857 g/mol. The SMILES string of the molecule is [2H]c1c([2H])c(-c2cccc3c2sc2ccccc23)c([2H])c([2H])c1-c1c([2H])c([2H])c(N(c2c([2H])c([2H])c3c(c2[2H])C(c2ccccc2)c2ccccc2-3)C2C=CC(c3cc4ccccc4c4ccccc34)=CC2)c([2H])c1[2H].